The van der Waals surface area contributed by atoms with Crippen LogP contribution in [0, 0.1) is 11.3 Å². The van der Waals surface area contributed by atoms with Crippen molar-refractivity contribution < 1.29 is 9.21 Å². The summed E-state index contributed by atoms with van der Waals surface area (Å²) in [5.41, 5.74) is -0.795. The summed E-state index contributed by atoms with van der Waals surface area (Å²) >= 11 is 0. The molecule has 0 atom stereocenters. The average molecular weight is 234 g/mol. The maximum atomic E-state index is 11.9. The number of aryl methyl sites for hydroxylation is 1. The first-order chi connectivity index (χ1) is 8.10. The van der Waals surface area contributed by atoms with E-state index in [2.05, 4.69) is 11.4 Å². The van der Waals surface area contributed by atoms with Crippen molar-refractivity contribution >= 4 is 5.91 Å². The Hall–Kier alpha value is -1.76. The molecule has 1 amide bonds. The number of hydrogen-bond donors (Lipinski definition) is 1. The lowest BCUT2D eigenvalue weighted by molar-refractivity contribution is 0.0885. The Balaban J connectivity index is 2.81. The van der Waals surface area contributed by atoms with Gasteiger partial charge in [0, 0.05) is 6.42 Å². The van der Waals surface area contributed by atoms with E-state index in [0.29, 0.717) is 12.8 Å². The van der Waals surface area contributed by atoms with Gasteiger partial charge in [-0.05, 0) is 25.0 Å². The second-order valence-corrected chi connectivity index (χ2v) is 3.97. The fourth-order valence-electron chi connectivity index (χ4n) is 1.58. The molecule has 0 fully saturated rings. The molecule has 1 N–H and O–H groups in total. The number of nitriles is 1. The zero-order chi connectivity index (χ0) is 12.9. The molecular formula is C13H18N2O2. The number of nitrogens with one attached hydrogen (secondary N) is 1. The molecule has 1 aromatic rings. The van der Waals surface area contributed by atoms with Gasteiger partial charge < -0.3 is 9.73 Å². The van der Waals surface area contributed by atoms with Crippen LogP contribution in [0.1, 0.15) is 49.9 Å². The predicted octanol–water partition coefficient (Wildman–Crippen LogP) is 2.65. The molecule has 0 spiro atoms. The maximum absolute atomic E-state index is 11.9. The Bertz CT molecular complexity index is 425. The molecule has 0 aliphatic heterocycles. The molecule has 0 unspecified atom stereocenters. The van der Waals surface area contributed by atoms with Crippen molar-refractivity contribution in [2.24, 2.45) is 0 Å². The highest BCUT2D eigenvalue weighted by molar-refractivity contribution is 5.92. The number of furan rings is 1. The van der Waals surface area contributed by atoms with E-state index in [-0.39, 0.29) is 11.7 Å². The lowest BCUT2D eigenvalue weighted by Gasteiger charge is -2.24. The Morgan fingerprint density at radius 1 is 1.41 bits per heavy atom. The maximum Gasteiger partial charge on any atom is 0.288 e. The van der Waals surface area contributed by atoms with Gasteiger partial charge in [-0.15, -0.1) is 0 Å². The summed E-state index contributed by atoms with van der Waals surface area (Å²) in [6, 6.07) is 5.58. The standard InChI is InChI=1S/C13H18N2O2/c1-4-10-7-8-11(17-10)12(16)15-13(5-2,6-3)9-14/h7-8H,4-6H2,1-3H3,(H,15,16). The van der Waals surface area contributed by atoms with Crippen LogP contribution < -0.4 is 5.32 Å². The number of rotatable bonds is 5. The molecule has 1 aromatic heterocycles. The molecule has 0 radical (unpaired) electrons. The van der Waals surface area contributed by atoms with Crippen LogP contribution in [-0.4, -0.2) is 11.4 Å². The highest BCUT2D eigenvalue weighted by atomic mass is 16.3. The first-order valence-electron chi connectivity index (χ1n) is 5.93. The third-order valence-corrected chi connectivity index (χ3v) is 3.01. The smallest absolute Gasteiger partial charge is 0.288 e. The van der Waals surface area contributed by atoms with Gasteiger partial charge in [-0.1, -0.05) is 20.8 Å². The summed E-state index contributed by atoms with van der Waals surface area (Å²) in [6.45, 7) is 5.72. The van der Waals surface area contributed by atoms with E-state index in [0.717, 1.165) is 12.2 Å². The SMILES string of the molecule is CCc1ccc(C(=O)NC(C#N)(CC)CC)o1. The number of hydrogen-bond acceptors (Lipinski definition) is 3. The first-order valence-corrected chi connectivity index (χ1v) is 5.93. The fourth-order valence-corrected chi connectivity index (χ4v) is 1.58. The van der Waals surface area contributed by atoms with Gasteiger partial charge in [-0.2, -0.15) is 5.26 Å². The predicted molar refractivity (Wildman–Crippen MR) is 64.5 cm³/mol. The van der Waals surface area contributed by atoms with Crippen LogP contribution >= 0.6 is 0 Å². The molecule has 0 saturated carbocycles. The zero-order valence-electron chi connectivity index (χ0n) is 10.5. The zero-order valence-corrected chi connectivity index (χ0v) is 10.5. The van der Waals surface area contributed by atoms with Crippen LogP contribution in [0.15, 0.2) is 16.5 Å². The Morgan fingerprint density at radius 3 is 2.47 bits per heavy atom. The molecule has 0 aromatic carbocycles. The van der Waals surface area contributed by atoms with Gasteiger partial charge in [-0.25, -0.2) is 0 Å². The third kappa shape index (κ3) is 2.88. The third-order valence-electron chi connectivity index (χ3n) is 3.01. The number of carbonyl (C=O) groups excluding carboxylic acids is 1. The lowest BCUT2D eigenvalue weighted by Crippen LogP contribution is -2.46. The van der Waals surface area contributed by atoms with Gasteiger partial charge in [0.25, 0.3) is 5.91 Å². The van der Waals surface area contributed by atoms with E-state index in [1.807, 2.05) is 20.8 Å². The van der Waals surface area contributed by atoms with Crippen molar-refractivity contribution in [3.05, 3.63) is 23.7 Å². The molecule has 92 valence electrons. The minimum Gasteiger partial charge on any atom is -0.456 e. The monoisotopic (exact) mass is 234 g/mol. The molecule has 0 aliphatic carbocycles. The number of amides is 1. The topological polar surface area (TPSA) is 66.0 Å². The summed E-state index contributed by atoms with van der Waals surface area (Å²) in [7, 11) is 0. The van der Waals surface area contributed by atoms with Crippen LogP contribution in [0.25, 0.3) is 0 Å². The molecular weight excluding hydrogens is 216 g/mol. The summed E-state index contributed by atoms with van der Waals surface area (Å²) in [5, 5.41) is 11.9. The Morgan fingerprint density at radius 2 is 2.06 bits per heavy atom. The van der Waals surface area contributed by atoms with Gasteiger partial charge in [0.2, 0.25) is 0 Å². The van der Waals surface area contributed by atoms with Crippen molar-refractivity contribution in [3.63, 3.8) is 0 Å². The van der Waals surface area contributed by atoms with E-state index in [1.54, 1.807) is 12.1 Å². The molecule has 17 heavy (non-hydrogen) atoms. The van der Waals surface area contributed by atoms with Crippen molar-refractivity contribution in [3.8, 4) is 6.07 Å². The quantitative estimate of drug-likeness (QED) is 0.851. The van der Waals surface area contributed by atoms with Crippen molar-refractivity contribution in [1.29, 1.82) is 5.26 Å². The molecule has 1 heterocycles. The van der Waals surface area contributed by atoms with Gasteiger partial charge in [0.1, 0.15) is 11.3 Å². The second kappa shape index (κ2) is 5.53. The molecule has 4 heteroatoms. The largest absolute Gasteiger partial charge is 0.456 e. The normalized spacial score (nSPS) is 10.9. The van der Waals surface area contributed by atoms with E-state index < -0.39 is 5.54 Å². The number of carbonyl (C=O) groups is 1. The van der Waals surface area contributed by atoms with Crippen LogP contribution in [-0.2, 0) is 6.42 Å². The first kappa shape index (κ1) is 13.3. The number of nitrogens with zero attached hydrogens (tertiary/aromatic N) is 1. The van der Waals surface area contributed by atoms with Crippen LogP contribution in [0.3, 0.4) is 0 Å². The van der Waals surface area contributed by atoms with E-state index in [4.69, 9.17) is 9.68 Å². The van der Waals surface area contributed by atoms with Crippen LogP contribution in [0.4, 0.5) is 0 Å². The van der Waals surface area contributed by atoms with Gasteiger partial charge in [0.15, 0.2) is 5.76 Å². The van der Waals surface area contributed by atoms with Crippen molar-refractivity contribution in [1.82, 2.24) is 5.32 Å². The molecule has 1 rings (SSSR count). The summed E-state index contributed by atoms with van der Waals surface area (Å²) < 4.78 is 5.35. The van der Waals surface area contributed by atoms with Crippen molar-refractivity contribution in [2.75, 3.05) is 0 Å². The molecule has 0 saturated heterocycles. The van der Waals surface area contributed by atoms with E-state index in [9.17, 15) is 4.79 Å². The highest BCUT2D eigenvalue weighted by Gasteiger charge is 2.29. The highest BCUT2D eigenvalue weighted by Crippen LogP contribution is 2.16. The molecule has 0 bridgehead atoms. The lowest BCUT2D eigenvalue weighted by atomic mass is 9.94. The minimum absolute atomic E-state index is 0.267. The van der Waals surface area contributed by atoms with Crippen molar-refractivity contribution in [2.45, 2.75) is 45.6 Å². The average Bonchev–Trinajstić information content (AvgIpc) is 2.85. The minimum atomic E-state index is -0.795. The summed E-state index contributed by atoms with van der Waals surface area (Å²) in [6.07, 6.45) is 1.90. The Kier molecular flexibility index (Phi) is 4.33. The summed E-state index contributed by atoms with van der Waals surface area (Å²) in [4.78, 5) is 11.9. The second-order valence-electron chi connectivity index (χ2n) is 3.97. The summed E-state index contributed by atoms with van der Waals surface area (Å²) in [5.74, 6) is 0.712. The van der Waals surface area contributed by atoms with Crippen LogP contribution in [0.2, 0.25) is 0 Å². The Labute approximate surface area is 102 Å². The van der Waals surface area contributed by atoms with E-state index >= 15 is 0 Å². The van der Waals surface area contributed by atoms with Crippen LogP contribution in [0.5, 0.6) is 0 Å². The van der Waals surface area contributed by atoms with Gasteiger partial charge in [-0.3, -0.25) is 4.79 Å². The molecule has 4 nitrogen and oxygen atoms in total. The van der Waals surface area contributed by atoms with Gasteiger partial charge in [0.05, 0.1) is 6.07 Å². The van der Waals surface area contributed by atoms with E-state index in [1.165, 1.54) is 0 Å². The van der Waals surface area contributed by atoms with Gasteiger partial charge >= 0.3 is 0 Å². The fraction of sp³-hybridized carbons (Fsp3) is 0.538. The molecule has 0 aliphatic rings.